The number of amides is 1. The number of carbonyl (C=O) groups is 1. The van der Waals surface area contributed by atoms with E-state index in [9.17, 15) is 13.2 Å². The number of methoxy groups -OCH3 is 1. The predicted octanol–water partition coefficient (Wildman–Crippen LogP) is 1.43. The maximum absolute atomic E-state index is 11.8. The van der Waals surface area contributed by atoms with Crippen LogP contribution in [0.5, 0.6) is 5.75 Å². The van der Waals surface area contributed by atoms with E-state index in [1.807, 2.05) is 0 Å². The lowest BCUT2D eigenvalue weighted by atomic mass is 10.2. The summed E-state index contributed by atoms with van der Waals surface area (Å²) in [5.41, 5.74) is 6.59. The summed E-state index contributed by atoms with van der Waals surface area (Å²) in [6, 6.07) is 4.83. The van der Waals surface area contributed by atoms with Crippen molar-refractivity contribution >= 4 is 27.1 Å². The average molecular weight is 300 g/mol. The van der Waals surface area contributed by atoms with Gasteiger partial charge in [-0.1, -0.05) is 0 Å². The van der Waals surface area contributed by atoms with Crippen LogP contribution in [-0.4, -0.2) is 32.4 Å². The van der Waals surface area contributed by atoms with Crippen molar-refractivity contribution in [2.24, 2.45) is 0 Å². The second-order valence-corrected chi connectivity index (χ2v) is 7.35. The molecule has 1 aromatic carbocycles. The van der Waals surface area contributed by atoms with Gasteiger partial charge in [0.05, 0.1) is 23.8 Å². The first kappa shape index (κ1) is 16.3. The standard InChI is InChI=1S/C13H20N2O4S/c1-9(2)20(17,18)7-6-13(16)15-11-5-4-10(14)8-12(11)19-3/h4-5,8-9H,6-7,14H2,1-3H3,(H,15,16). The Kier molecular flexibility index (Phi) is 5.38. The van der Waals surface area contributed by atoms with Crippen molar-refractivity contribution < 1.29 is 17.9 Å². The quantitative estimate of drug-likeness (QED) is 0.774. The summed E-state index contributed by atoms with van der Waals surface area (Å²) >= 11 is 0. The molecule has 1 rings (SSSR count). The number of hydrogen-bond donors (Lipinski definition) is 2. The molecule has 1 aromatic rings. The molecule has 3 N–H and O–H groups in total. The smallest absolute Gasteiger partial charge is 0.225 e. The summed E-state index contributed by atoms with van der Waals surface area (Å²) in [5, 5.41) is 2.13. The Morgan fingerprint density at radius 1 is 1.40 bits per heavy atom. The number of nitrogens with two attached hydrogens (primary N) is 1. The van der Waals surface area contributed by atoms with Gasteiger partial charge in [-0.2, -0.15) is 0 Å². The van der Waals surface area contributed by atoms with Crippen LogP contribution in [-0.2, 0) is 14.6 Å². The molecule has 0 aliphatic rings. The summed E-state index contributed by atoms with van der Waals surface area (Å²) in [4.78, 5) is 11.8. The summed E-state index contributed by atoms with van der Waals surface area (Å²) in [6.45, 7) is 3.19. The molecule has 0 radical (unpaired) electrons. The minimum Gasteiger partial charge on any atom is -0.494 e. The molecule has 112 valence electrons. The molecule has 0 fully saturated rings. The molecule has 6 nitrogen and oxygen atoms in total. The Morgan fingerprint density at radius 3 is 2.60 bits per heavy atom. The van der Waals surface area contributed by atoms with Crippen LogP contribution in [0.1, 0.15) is 20.3 Å². The zero-order valence-electron chi connectivity index (χ0n) is 11.8. The lowest BCUT2D eigenvalue weighted by Gasteiger charge is -2.11. The van der Waals surface area contributed by atoms with Crippen LogP contribution in [0, 0.1) is 0 Å². The Bertz CT molecular complexity index is 582. The first-order chi connectivity index (χ1) is 9.26. The second kappa shape index (κ2) is 6.60. The van der Waals surface area contributed by atoms with Crippen molar-refractivity contribution in [1.82, 2.24) is 0 Å². The van der Waals surface area contributed by atoms with Gasteiger partial charge in [0.1, 0.15) is 5.75 Å². The van der Waals surface area contributed by atoms with Crippen molar-refractivity contribution in [3.63, 3.8) is 0 Å². The molecule has 0 aliphatic carbocycles. The fourth-order valence-electron chi connectivity index (χ4n) is 1.49. The number of nitrogen functional groups attached to an aromatic ring is 1. The monoisotopic (exact) mass is 300 g/mol. The highest BCUT2D eigenvalue weighted by molar-refractivity contribution is 7.91. The number of rotatable bonds is 6. The summed E-state index contributed by atoms with van der Waals surface area (Å²) < 4.78 is 28.4. The van der Waals surface area contributed by atoms with Crippen LogP contribution in [0.4, 0.5) is 11.4 Å². The molecule has 1 amide bonds. The minimum absolute atomic E-state index is 0.0892. The SMILES string of the molecule is COc1cc(N)ccc1NC(=O)CCS(=O)(=O)C(C)C. The first-order valence-electron chi connectivity index (χ1n) is 6.21. The lowest BCUT2D eigenvalue weighted by Crippen LogP contribution is -2.22. The molecular formula is C13H20N2O4S. The first-order valence-corrected chi connectivity index (χ1v) is 7.92. The molecule has 0 saturated heterocycles. The van der Waals surface area contributed by atoms with E-state index in [-0.39, 0.29) is 18.1 Å². The van der Waals surface area contributed by atoms with Gasteiger partial charge in [0, 0.05) is 18.2 Å². The van der Waals surface area contributed by atoms with Crippen molar-refractivity contribution in [1.29, 1.82) is 0 Å². The Morgan fingerprint density at radius 2 is 2.05 bits per heavy atom. The number of ether oxygens (including phenoxy) is 1. The van der Waals surface area contributed by atoms with Crippen molar-refractivity contribution in [3.05, 3.63) is 18.2 Å². The van der Waals surface area contributed by atoms with Gasteiger partial charge in [0.25, 0.3) is 0 Å². The average Bonchev–Trinajstić information content (AvgIpc) is 2.38. The van der Waals surface area contributed by atoms with E-state index in [1.54, 1.807) is 32.0 Å². The van der Waals surface area contributed by atoms with E-state index < -0.39 is 15.1 Å². The fraction of sp³-hybridized carbons (Fsp3) is 0.462. The summed E-state index contributed by atoms with van der Waals surface area (Å²) in [6.07, 6.45) is -0.0892. The van der Waals surface area contributed by atoms with Gasteiger partial charge in [-0.25, -0.2) is 8.42 Å². The minimum atomic E-state index is -3.22. The topological polar surface area (TPSA) is 98.5 Å². The molecule has 0 spiro atoms. The third kappa shape index (κ3) is 4.41. The Labute approximate surface area is 119 Å². The molecule has 0 heterocycles. The molecule has 0 atom stereocenters. The van der Waals surface area contributed by atoms with E-state index in [0.717, 1.165) is 0 Å². The predicted molar refractivity (Wildman–Crippen MR) is 79.6 cm³/mol. The maximum Gasteiger partial charge on any atom is 0.225 e. The van der Waals surface area contributed by atoms with Crippen LogP contribution >= 0.6 is 0 Å². The number of benzene rings is 1. The van der Waals surface area contributed by atoms with Gasteiger partial charge in [-0.05, 0) is 26.0 Å². The molecular weight excluding hydrogens is 280 g/mol. The highest BCUT2D eigenvalue weighted by atomic mass is 32.2. The van der Waals surface area contributed by atoms with E-state index in [2.05, 4.69) is 5.32 Å². The number of sulfone groups is 1. The molecule has 0 aliphatic heterocycles. The van der Waals surface area contributed by atoms with Gasteiger partial charge in [0.15, 0.2) is 9.84 Å². The van der Waals surface area contributed by atoms with Gasteiger partial charge in [-0.15, -0.1) is 0 Å². The van der Waals surface area contributed by atoms with Crippen LogP contribution in [0.3, 0.4) is 0 Å². The van der Waals surface area contributed by atoms with Crippen molar-refractivity contribution in [2.75, 3.05) is 23.9 Å². The number of nitrogens with one attached hydrogen (secondary N) is 1. The Hall–Kier alpha value is -1.76. The van der Waals surface area contributed by atoms with Gasteiger partial charge >= 0.3 is 0 Å². The normalized spacial score (nSPS) is 11.4. The Balaban J connectivity index is 2.68. The molecule has 0 aromatic heterocycles. The zero-order chi connectivity index (χ0) is 15.3. The number of hydrogen-bond acceptors (Lipinski definition) is 5. The largest absolute Gasteiger partial charge is 0.494 e. The molecule has 0 unspecified atom stereocenters. The summed E-state index contributed by atoms with van der Waals surface area (Å²) in [5.74, 6) is -0.115. The van der Waals surface area contributed by atoms with Gasteiger partial charge in [-0.3, -0.25) is 4.79 Å². The molecule has 20 heavy (non-hydrogen) atoms. The second-order valence-electron chi connectivity index (χ2n) is 4.67. The van der Waals surface area contributed by atoms with Crippen LogP contribution in [0.25, 0.3) is 0 Å². The number of anilines is 2. The number of carbonyl (C=O) groups excluding carboxylic acids is 1. The molecule has 0 bridgehead atoms. The third-order valence-corrected chi connectivity index (χ3v) is 5.04. The van der Waals surface area contributed by atoms with E-state index in [0.29, 0.717) is 17.1 Å². The maximum atomic E-state index is 11.8. The fourth-order valence-corrected chi connectivity index (χ4v) is 2.44. The summed E-state index contributed by atoms with van der Waals surface area (Å²) in [7, 11) is -1.75. The van der Waals surface area contributed by atoms with Crippen molar-refractivity contribution in [2.45, 2.75) is 25.5 Å². The zero-order valence-corrected chi connectivity index (χ0v) is 12.7. The van der Waals surface area contributed by atoms with Crippen LogP contribution < -0.4 is 15.8 Å². The third-order valence-electron chi connectivity index (χ3n) is 2.83. The molecule has 0 saturated carbocycles. The van der Waals surface area contributed by atoms with E-state index >= 15 is 0 Å². The van der Waals surface area contributed by atoms with Gasteiger partial charge < -0.3 is 15.8 Å². The van der Waals surface area contributed by atoms with Crippen LogP contribution in [0.2, 0.25) is 0 Å². The lowest BCUT2D eigenvalue weighted by molar-refractivity contribution is -0.115. The van der Waals surface area contributed by atoms with Crippen molar-refractivity contribution in [3.8, 4) is 5.75 Å². The van der Waals surface area contributed by atoms with E-state index in [1.165, 1.54) is 7.11 Å². The highest BCUT2D eigenvalue weighted by Crippen LogP contribution is 2.26. The molecule has 7 heteroatoms. The highest BCUT2D eigenvalue weighted by Gasteiger charge is 2.18. The van der Waals surface area contributed by atoms with Gasteiger partial charge in [0.2, 0.25) is 5.91 Å². The van der Waals surface area contributed by atoms with Crippen LogP contribution in [0.15, 0.2) is 18.2 Å². The van der Waals surface area contributed by atoms with E-state index in [4.69, 9.17) is 10.5 Å².